The van der Waals surface area contributed by atoms with Gasteiger partial charge in [0.15, 0.2) is 0 Å². The van der Waals surface area contributed by atoms with Crippen LogP contribution in [0.4, 0.5) is 4.79 Å². The van der Waals surface area contributed by atoms with E-state index in [1.54, 1.807) is 0 Å². The smallest absolute Gasteiger partial charge is 0.407 e. The van der Waals surface area contributed by atoms with E-state index in [0.29, 0.717) is 6.42 Å². The number of nitrogens with one attached hydrogen (secondary N) is 1. The Bertz CT molecular complexity index is 367. The highest BCUT2D eigenvalue weighted by Crippen LogP contribution is 2.00. The minimum absolute atomic E-state index is 0.0618. The number of benzene rings is 1. The van der Waals surface area contributed by atoms with Crippen molar-refractivity contribution < 1.29 is 9.53 Å². The predicted molar refractivity (Wildman–Crippen MR) is 62.7 cm³/mol. The Kier molecular flexibility index (Phi) is 4.94. The third kappa shape index (κ3) is 4.52. The first-order chi connectivity index (χ1) is 7.72. The van der Waals surface area contributed by atoms with Crippen molar-refractivity contribution in [1.29, 1.82) is 0 Å². The van der Waals surface area contributed by atoms with Gasteiger partial charge in [0.1, 0.15) is 6.61 Å². The molecule has 0 aromatic heterocycles. The van der Waals surface area contributed by atoms with Crippen molar-refractivity contribution in [3.05, 3.63) is 35.9 Å². The second-order valence-electron chi connectivity index (χ2n) is 3.52. The molecule has 1 aromatic rings. The van der Waals surface area contributed by atoms with Crippen LogP contribution in [0.25, 0.3) is 0 Å². The molecule has 1 aromatic carbocycles. The lowest BCUT2D eigenvalue weighted by Gasteiger charge is -2.11. The molecule has 3 heteroatoms. The molecule has 0 radical (unpaired) electrons. The zero-order valence-electron chi connectivity index (χ0n) is 9.27. The summed E-state index contributed by atoms with van der Waals surface area (Å²) in [5.41, 5.74) is 0.960. The third-order valence-corrected chi connectivity index (χ3v) is 2.00. The number of hydrogen-bond acceptors (Lipinski definition) is 2. The van der Waals surface area contributed by atoms with E-state index in [2.05, 4.69) is 11.2 Å². The van der Waals surface area contributed by atoms with Crippen molar-refractivity contribution in [3.8, 4) is 12.3 Å². The predicted octanol–water partition coefficient (Wildman–Crippen LogP) is 2.32. The third-order valence-electron chi connectivity index (χ3n) is 2.00. The van der Waals surface area contributed by atoms with Gasteiger partial charge in [-0.05, 0) is 12.5 Å². The fraction of sp³-hybridized carbons (Fsp3) is 0.308. The quantitative estimate of drug-likeness (QED) is 0.786. The summed E-state index contributed by atoms with van der Waals surface area (Å²) in [7, 11) is 0. The number of amides is 1. The first-order valence-electron chi connectivity index (χ1n) is 5.13. The number of carbonyl (C=O) groups excluding carboxylic acids is 1. The van der Waals surface area contributed by atoms with Crippen molar-refractivity contribution in [2.75, 3.05) is 0 Å². The maximum atomic E-state index is 11.3. The van der Waals surface area contributed by atoms with Crippen LogP contribution < -0.4 is 5.32 Å². The van der Waals surface area contributed by atoms with Crippen molar-refractivity contribution in [2.24, 2.45) is 0 Å². The molecule has 0 aliphatic heterocycles. The lowest BCUT2D eigenvalue weighted by atomic mass is 10.2. The van der Waals surface area contributed by atoms with Gasteiger partial charge in [0.2, 0.25) is 0 Å². The molecule has 0 fully saturated rings. The van der Waals surface area contributed by atoms with E-state index in [0.717, 1.165) is 5.56 Å². The summed E-state index contributed by atoms with van der Waals surface area (Å²) in [5, 5.41) is 2.65. The molecule has 0 aliphatic rings. The van der Waals surface area contributed by atoms with Gasteiger partial charge in [0.25, 0.3) is 0 Å². The summed E-state index contributed by atoms with van der Waals surface area (Å²) < 4.78 is 5.03. The maximum Gasteiger partial charge on any atom is 0.407 e. The molecule has 0 heterocycles. The maximum absolute atomic E-state index is 11.3. The van der Waals surface area contributed by atoms with Crippen LogP contribution in [0.3, 0.4) is 0 Å². The topological polar surface area (TPSA) is 38.3 Å². The molecule has 1 atom stereocenters. The molecule has 1 N–H and O–H groups in total. The SMILES string of the molecule is C#CCC(C)NC(=O)OCc1ccccc1. The zero-order valence-corrected chi connectivity index (χ0v) is 9.27. The summed E-state index contributed by atoms with van der Waals surface area (Å²) in [6, 6.07) is 9.46. The summed E-state index contributed by atoms with van der Waals surface area (Å²) in [6.07, 6.45) is 5.19. The molecule has 0 bridgehead atoms. The number of alkyl carbamates (subject to hydrolysis) is 1. The van der Waals surface area contributed by atoms with Crippen LogP contribution in [-0.2, 0) is 11.3 Å². The Morgan fingerprint density at radius 3 is 2.81 bits per heavy atom. The van der Waals surface area contributed by atoms with E-state index >= 15 is 0 Å². The lowest BCUT2D eigenvalue weighted by molar-refractivity contribution is 0.136. The first-order valence-corrected chi connectivity index (χ1v) is 5.13. The van der Waals surface area contributed by atoms with Crippen LogP contribution in [0.5, 0.6) is 0 Å². The Morgan fingerprint density at radius 2 is 2.19 bits per heavy atom. The van der Waals surface area contributed by atoms with Gasteiger partial charge in [-0.1, -0.05) is 30.3 Å². The Morgan fingerprint density at radius 1 is 1.50 bits per heavy atom. The summed E-state index contributed by atoms with van der Waals surface area (Å²) >= 11 is 0. The zero-order chi connectivity index (χ0) is 11.8. The van der Waals surface area contributed by atoms with Gasteiger partial charge in [-0.3, -0.25) is 0 Å². The Hall–Kier alpha value is -1.95. The van der Waals surface area contributed by atoms with Gasteiger partial charge in [0.05, 0.1) is 0 Å². The lowest BCUT2D eigenvalue weighted by Crippen LogP contribution is -2.32. The fourth-order valence-electron chi connectivity index (χ4n) is 1.19. The number of terminal acetylenes is 1. The molecular weight excluding hydrogens is 202 g/mol. The highest BCUT2D eigenvalue weighted by molar-refractivity contribution is 5.67. The van der Waals surface area contributed by atoms with E-state index in [1.165, 1.54) is 0 Å². The Balaban J connectivity index is 2.28. The van der Waals surface area contributed by atoms with E-state index in [9.17, 15) is 4.79 Å². The van der Waals surface area contributed by atoms with Crippen LogP contribution in [-0.4, -0.2) is 12.1 Å². The number of rotatable bonds is 4. The average Bonchev–Trinajstić information content (AvgIpc) is 2.28. The second kappa shape index (κ2) is 6.52. The minimum atomic E-state index is -0.438. The van der Waals surface area contributed by atoms with E-state index < -0.39 is 6.09 Å². The molecule has 3 nitrogen and oxygen atoms in total. The molecule has 16 heavy (non-hydrogen) atoms. The summed E-state index contributed by atoms with van der Waals surface area (Å²) in [4.78, 5) is 11.3. The van der Waals surface area contributed by atoms with Crippen LogP contribution in [0.2, 0.25) is 0 Å². The normalized spacial score (nSPS) is 11.2. The number of carbonyl (C=O) groups is 1. The van der Waals surface area contributed by atoms with Crippen molar-refractivity contribution in [2.45, 2.75) is 26.0 Å². The minimum Gasteiger partial charge on any atom is -0.445 e. The van der Waals surface area contributed by atoms with Crippen molar-refractivity contribution in [1.82, 2.24) is 5.32 Å². The molecule has 0 aliphatic carbocycles. The highest BCUT2D eigenvalue weighted by Gasteiger charge is 2.06. The summed E-state index contributed by atoms with van der Waals surface area (Å²) in [6.45, 7) is 2.11. The van der Waals surface area contributed by atoms with E-state index in [-0.39, 0.29) is 12.6 Å². The molecule has 1 amide bonds. The van der Waals surface area contributed by atoms with Crippen LogP contribution in [0.1, 0.15) is 18.9 Å². The fourth-order valence-corrected chi connectivity index (χ4v) is 1.19. The van der Waals surface area contributed by atoms with Crippen LogP contribution >= 0.6 is 0 Å². The van der Waals surface area contributed by atoms with Gasteiger partial charge in [-0.2, -0.15) is 0 Å². The van der Waals surface area contributed by atoms with Crippen molar-refractivity contribution in [3.63, 3.8) is 0 Å². The van der Waals surface area contributed by atoms with Gasteiger partial charge >= 0.3 is 6.09 Å². The molecule has 0 saturated carbocycles. The second-order valence-corrected chi connectivity index (χ2v) is 3.52. The molecular formula is C13H15NO2. The molecule has 1 unspecified atom stereocenters. The highest BCUT2D eigenvalue weighted by atomic mass is 16.5. The number of hydrogen-bond donors (Lipinski definition) is 1. The van der Waals surface area contributed by atoms with E-state index in [4.69, 9.17) is 11.2 Å². The van der Waals surface area contributed by atoms with Crippen LogP contribution in [0, 0.1) is 12.3 Å². The average molecular weight is 217 g/mol. The Labute approximate surface area is 95.8 Å². The van der Waals surface area contributed by atoms with Crippen LogP contribution in [0.15, 0.2) is 30.3 Å². The monoisotopic (exact) mass is 217 g/mol. The van der Waals surface area contributed by atoms with E-state index in [1.807, 2.05) is 37.3 Å². The summed E-state index contributed by atoms with van der Waals surface area (Å²) in [5.74, 6) is 2.48. The number of ether oxygens (including phenoxy) is 1. The largest absolute Gasteiger partial charge is 0.445 e. The van der Waals surface area contributed by atoms with Gasteiger partial charge in [-0.25, -0.2) is 4.79 Å². The molecule has 1 rings (SSSR count). The standard InChI is InChI=1S/C13H15NO2/c1-3-7-11(2)14-13(15)16-10-12-8-5-4-6-9-12/h1,4-6,8-9,11H,7,10H2,2H3,(H,14,15). The van der Waals surface area contributed by atoms with Gasteiger partial charge in [0, 0.05) is 12.5 Å². The first kappa shape index (κ1) is 12.1. The molecule has 0 saturated heterocycles. The van der Waals surface area contributed by atoms with Crippen molar-refractivity contribution >= 4 is 6.09 Å². The molecule has 0 spiro atoms. The van der Waals surface area contributed by atoms with Gasteiger partial charge in [-0.15, -0.1) is 12.3 Å². The van der Waals surface area contributed by atoms with Gasteiger partial charge < -0.3 is 10.1 Å². The molecule has 84 valence electrons.